The molecule has 3 aliphatic rings. The van der Waals surface area contributed by atoms with Crippen molar-refractivity contribution in [3.63, 3.8) is 0 Å². The zero-order valence-corrected chi connectivity index (χ0v) is 22.8. The number of carbonyl (C=O) groups excluding carboxylic acids is 2. The number of halogens is 1. The van der Waals surface area contributed by atoms with Gasteiger partial charge in [0.15, 0.2) is 11.6 Å². The number of benzene rings is 2. The largest absolute Gasteiger partial charge is 0.489 e. The number of nitro groups is 1. The number of ether oxygens (including phenoxy) is 1. The molecule has 2 aromatic rings. The Balaban J connectivity index is 1.62. The van der Waals surface area contributed by atoms with Crippen LogP contribution in [0.15, 0.2) is 65.0 Å². The fraction of sp³-hybridized carbons (Fsp3) is 0.400. The van der Waals surface area contributed by atoms with Gasteiger partial charge in [-0.05, 0) is 47.4 Å². The summed E-state index contributed by atoms with van der Waals surface area (Å²) in [6.07, 6.45) is 2.16. The van der Waals surface area contributed by atoms with Gasteiger partial charge in [0.25, 0.3) is 5.69 Å². The minimum Gasteiger partial charge on any atom is -0.489 e. The number of dihydropyridines is 1. The van der Waals surface area contributed by atoms with Crippen LogP contribution < -0.4 is 10.1 Å². The number of nitrogens with zero attached hydrogens (tertiary/aromatic N) is 1. The first-order valence-electron chi connectivity index (χ1n) is 12.8. The average molecular weight is 535 g/mol. The summed E-state index contributed by atoms with van der Waals surface area (Å²) in [7, 11) is 0. The van der Waals surface area contributed by atoms with Crippen molar-refractivity contribution in [1.82, 2.24) is 5.32 Å². The van der Waals surface area contributed by atoms with Crippen LogP contribution in [0.25, 0.3) is 0 Å². The number of rotatable bonds is 5. The Labute approximate surface area is 227 Å². The second-order valence-corrected chi connectivity index (χ2v) is 12.6. The van der Waals surface area contributed by atoms with E-state index >= 15 is 0 Å². The average Bonchev–Trinajstić information content (AvgIpc) is 2.80. The van der Waals surface area contributed by atoms with E-state index in [0.717, 1.165) is 11.4 Å². The first-order valence-corrected chi connectivity index (χ1v) is 13.2. The predicted octanol–water partition coefficient (Wildman–Crippen LogP) is 6.80. The molecule has 38 heavy (non-hydrogen) atoms. The molecule has 0 unspecified atom stereocenters. The second-order valence-electron chi connectivity index (χ2n) is 12.1. The second kappa shape index (κ2) is 9.38. The van der Waals surface area contributed by atoms with Gasteiger partial charge in [-0.25, -0.2) is 0 Å². The third kappa shape index (κ3) is 4.99. The van der Waals surface area contributed by atoms with Crippen LogP contribution in [-0.2, 0) is 16.2 Å². The van der Waals surface area contributed by atoms with Gasteiger partial charge in [-0.2, -0.15) is 0 Å². The highest BCUT2D eigenvalue weighted by Gasteiger charge is 2.47. The highest BCUT2D eigenvalue weighted by atomic mass is 35.5. The molecule has 2 aliphatic carbocycles. The number of allylic oxidation sites excluding steroid dienone is 4. The maximum Gasteiger partial charge on any atom is 0.269 e. The maximum absolute atomic E-state index is 13.6. The number of hydrogen-bond donors (Lipinski definition) is 1. The smallest absolute Gasteiger partial charge is 0.269 e. The van der Waals surface area contributed by atoms with Crippen LogP contribution in [0.3, 0.4) is 0 Å². The summed E-state index contributed by atoms with van der Waals surface area (Å²) in [5, 5.41) is 15.2. The Hall–Kier alpha value is -3.45. The van der Waals surface area contributed by atoms with Crippen LogP contribution in [0.1, 0.15) is 70.4 Å². The van der Waals surface area contributed by atoms with E-state index in [4.69, 9.17) is 16.3 Å². The molecule has 2 aromatic carbocycles. The van der Waals surface area contributed by atoms with Gasteiger partial charge in [0, 0.05) is 64.0 Å². The highest BCUT2D eigenvalue weighted by molar-refractivity contribution is 6.30. The van der Waals surface area contributed by atoms with Crippen molar-refractivity contribution in [2.24, 2.45) is 10.8 Å². The summed E-state index contributed by atoms with van der Waals surface area (Å²) in [5.41, 5.74) is 3.83. The molecule has 1 aliphatic heterocycles. The van der Waals surface area contributed by atoms with Gasteiger partial charge >= 0.3 is 0 Å². The van der Waals surface area contributed by atoms with Crippen LogP contribution in [0.4, 0.5) is 5.69 Å². The van der Waals surface area contributed by atoms with Crippen molar-refractivity contribution in [2.75, 3.05) is 0 Å². The molecule has 0 fully saturated rings. The molecule has 0 radical (unpaired) electrons. The van der Waals surface area contributed by atoms with Crippen molar-refractivity contribution < 1.29 is 19.2 Å². The lowest BCUT2D eigenvalue weighted by atomic mass is 9.64. The number of ketones is 2. The van der Waals surface area contributed by atoms with E-state index in [2.05, 4.69) is 33.0 Å². The van der Waals surface area contributed by atoms with E-state index in [1.165, 1.54) is 12.1 Å². The van der Waals surface area contributed by atoms with Crippen molar-refractivity contribution in [3.05, 3.63) is 91.3 Å². The van der Waals surface area contributed by atoms with E-state index < -0.39 is 10.8 Å². The number of hydrogen-bond acceptors (Lipinski definition) is 6. The van der Waals surface area contributed by atoms with E-state index in [9.17, 15) is 19.7 Å². The monoisotopic (exact) mass is 534 g/mol. The minimum absolute atomic E-state index is 0.0162. The third-order valence-corrected chi connectivity index (χ3v) is 7.75. The van der Waals surface area contributed by atoms with Gasteiger partial charge in [-0.15, -0.1) is 0 Å². The Bertz CT molecular complexity index is 1380. The van der Waals surface area contributed by atoms with Crippen molar-refractivity contribution in [3.8, 4) is 5.75 Å². The van der Waals surface area contributed by atoms with Gasteiger partial charge in [0.1, 0.15) is 12.4 Å². The van der Waals surface area contributed by atoms with Crippen LogP contribution in [-0.4, -0.2) is 16.5 Å². The number of nitrogens with one attached hydrogen (secondary N) is 1. The Morgan fingerprint density at radius 1 is 0.947 bits per heavy atom. The standard InChI is InChI=1S/C30H31ClN2O5/c1-29(2)12-21-27(23(34)14-29)26(28-22(32-21)13-30(3,4)15-24(28)35)20-11-18(31)8-9-25(20)38-16-17-6-5-7-19(10-17)33(36)37/h5-11,26,32H,12-16H2,1-4H3. The fourth-order valence-corrected chi connectivity index (χ4v) is 6.18. The lowest BCUT2D eigenvalue weighted by molar-refractivity contribution is -0.384. The normalized spacial score (nSPS) is 20.6. The van der Waals surface area contributed by atoms with Crippen LogP contribution in [0, 0.1) is 20.9 Å². The van der Waals surface area contributed by atoms with E-state index in [1.54, 1.807) is 30.3 Å². The molecule has 0 saturated heterocycles. The van der Waals surface area contributed by atoms with Crippen molar-refractivity contribution in [1.29, 1.82) is 0 Å². The molecule has 1 N–H and O–H groups in total. The van der Waals surface area contributed by atoms with Crippen molar-refractivity contribution in [2.45, 2.75) is 65.9 Å². The summed E-state index contributed by atoms with van der Waals surface area (Å²) in [4.78, 5) is 38.1. The molecule has 7 nitrogen and oxygen atoms in total. The SMILES string of the molecule is CC1(C)CC(=O)C2=C(C1)NC1=C(C(=O)CC(C)(C)C1)C2c1cc(Cl)ccc1OCc1cccc([N+](=O)[O-])c1. The van der Waals surface area contributed by atoms with E-state index in [0.29, 0.717) is 58.7 Å². The van der Waals surface area contributed by atoms with Gasteiger partial charge in [-0.1, -0.05) is 51.4 Å². The quantitative estimate of drug-likeness (QED) is 0.334. The first kappa shape index (κ1) is 26.2. The number of carbonyl (C=O) groups is 2. The molecule has 0 amide bonds. The third-order valence-electron chi connectivity index (χ3n) is 7.52. The lowest BCUT2D eigenvalue weighted by Crippen LogP contribution is -2.42. The van der Waals surface area contributed by atoms with Crippen LogP contribution in [0.5, 0.6) is 5.75 Å². The van der Waals surface area contributed by atoms with E-state index in [-0.39, 0.29) is 34.7 Å². The summed E-state index contributed by atoms with van der Waals surface area (Å²) in [6.45, 7) is 8.41. The molecule has 1 heterocycles. The topological polar surface area (TPSA) is 98.5 Å². The minimum atomic E-state index is -0.591. The molecule has 198 valence electrons. The Kier molecular flexibility index (Phi) is 6.46. The zero-order chi connectivity index (χ0) is 27.4. The molecule has 0 saturated carbocycles. The van der Waals surface area contributed by atoms with Crippen LogP contribution >= 0.6 is 11.6 Å². The summed E-state index contributed by atoms with van der Waals surface area (Å²) < 4.78 is 6.21. The van der Waals surface area contributed by atoms with Gasteiger partial charge in [0.2, 0.25) is 0 Å². The lowest BCUT2D eigenvalue weighted by Gasteiger charge is -2.44. The van der Waals surface area contributed by atoms with Gasteiger partial charge in [-0.3, -0.25) is 19.7 Å². The Morgan fingerprint density at radius 2 is 1.55 bits per heavy atom. The zero-order valence-electron chi connectivity index (χ0n) is 22.0. The summed E-state index contributed by atoms with van der Waals surface area (Å²) in [6, 6.07) is 11.5. The van der Waals surface area contributed by atoms with E-state index in [1.807, 2.05) is 0 Å². The van der Waals surface area contributed by atoms with Gasteiger partial charge in [0.05, 0.1) is 4.92 Å². The fourth-order valence-electron chi connectivity index (χ4n) is 6.00. The molecule has 0 aromatic heterocycles. The van der Waals surface area contributed by atoms with Crippen molar-refractivity contribution >= 4 is 28.9 Å². The number of nitro benzene ring substituents is 1. The highest BCUT2D eigenvalue weighted by Crippen LogP contribution is 2.52. The molecule has 5 rings (SSSR count). The number of non-ortho nitro benzene ring substituents is 1. The van der Waals surface area contributed by atoms with Crippen LogP contribution in [0.2, 0.25) is 5.02 Å². The molecule has 0 atom stereocenters. The molecule has 0 bridgehead atoms. The first-order chi connectivity index (χ1) is 17.8. The predicted molar refractivity (Wildman–Crippen MR) is 145 cm³/mol. The Morgan fingerprint density at radius 3 is 2.13 bits per heavy atom. The summed E-state index contributed by atoms with van der Waals surface area (Å²) >= 11 is 6.47. The molecular formula is C30H31ClN2O5. The number of Topliss-reactive ketones (excluding diaryl/α,β-unsaturated/α-hetero) is 2. The summed E-state index contributed by atoms with van der Waals surface area (Å²) in [5.74, 6) is -0.0703. The maximum atomic E-state index is 13.6. The molecule has 0 spiro atoms. The molecular weight excluding hydrogens is 504 g/mol. The van der Waals surface area contributed by atoms with Gasteiger partial charge < -0.3 is 10.1 Å². The molecule has 8 heteroatoms.